The van der Waals surface area contributed by atoms with E-state index in [4.69, 9.17) is 17.3 Å². The molecule has 9 heteroatoms. The summed E-state index contributed by atoms with van der Waals surface area (Å²) in [5, 5.41) is 26.8. The van der Waals surface area contributed by atoms with Crippen molar-refractivity contribution >= 4 is 29.2 Å². The number of nitriles is 1. The Balaban J connectivity index is 1.81. The van der Waals surface area contributed by atoms with Gasteiger partial charge in [0.1, 0.15) is 17.4 Å². The summed E-state index contributed by atoms with van der Waals surface area (Å²) < 4.78 is 0. The van der Waals surface area contributed by atoms with E-state index in [2.05, 4.69) is 21.7 Å². The number of aromatic hydroxyl groups is 1. The number of carbonyl (C=O) groups excluding carboxylic acids is 2. The highest BCUT2D eigenvalue weighted by Crippen LogP contribution is 2.36. The van der Waals surface area contributed by atoms with Crippen LogP contribution in [0, 0.1) is 16.7 Å². The molecule has 0 spiro atoms. The lowest BCUT2D eigenvalue weighted by Gasteiger charge is -2.22. The van der Waals surface area contributed by atoms with Crippen LogP contribution in [-0.4, -0.2) is 35.0 Å². The highest BCUT2D eigenvalue weighted by Gasteiger charge is 2.21. The molecule has 0 unspecified atom stereocenters. The normalized spacial score (nSPS) is 11.0. The summed E-state index contributed by atoms with van der Waals surface area (Å²) in [6.07, 6.45) is 0. The lowest BCUT2D eigenvalue weighted by molar-refractivity contribution is 0.0937. The van der Waals surface area contributed by atoms with Crippen molar-refractivity contribution in [1.29, 1.82) is 5.26 Å². The molecule has 1 heterocycles. The molecular formula is C31H28ClN5O3. The first kappa shape index (κ1) is 28.3. The number of benzene rings is 3. The monoisotopic (exact) mass is 553 g/mol. The number of para-hydroxylation sites is 1. The van der Waals surface area contributed by atoms with Crippen LogP contribution in [0.5, 0.6) is 5.75 Å². The van der Waals surface area contributed by atoms with Crippen LogP contribution in [0.4, 0.5) is 5.82 Å². The number of amides is 2. The smallest absolute Gasteiger partial charge is 0.256 e. The summed E-state index contributed by atoms with van der Waals surface area (Å²) in [7, 11) is 0. The van der Waals surface area contributed by atoms with Crippen molar-refractivity contribution < 1.29 is 14.7 Å². The van der Waals surface area contributed by atoms with Gasteiger partial charge in [-0.1, -0.05) is 49.7 Å². The van der Waals surface area contributed by atoms with Gasteiger partial charge >= 0.3 is 0 Å². The number of nitrogens with one attached hydrogen (secondary N) is 2. The van der Waals surface area contributed by atoms with Gasteiger partial charge in [-0.05, 0) is 72.1 Å². The first-order chi connectivity index (χ1) is 19.1. The first-order valence-electron chi connectivity index (χ1n) is 12.5. The van der Waals surface area contributed by atoms with Crippen molar-refractivity contribution in [3.8, 4) is 34.2 Å². The predicted octanol–water partition coefficient (Wildman–Crippen LogP) is 5.61. The maximum Gasteiger partial charge on any atom is 0.256 e. The molecule has 0 saturated carbocycles. The van der Waals surface area contributed by atoms with E-state index in [1.165, 1.54) is 6.07 Å². The van der Waals surface area contributed by atoms with Gasteiger partial charge in [0, 0.05) is 33.8 Å². The van der Waals surface area contributed by atoms with Gasteiger partial charge in [0.15, 0.2) is 5.82 Å². The van der Waals surface area contributed by atoms with Gasteiger partial charge in [-0.3, -0.25) is 9.59 Å². The Morgan fingerprint density at radius 1 is 0.975 bits per heavy atom. The third kappa shape index (κ3) is 6.46. The molecule has 1 aromatic heterocycles. The number of rotatable bonds is 8. The fraction of sp³-hybridized carbons (Fsp3) is 0.161. The summed E-state index contributed by atoms with van der Waals surface area (Å²) in [6, 6.07) is 23.5. The molecular weight excluding hydrogens is 526 g/mol. The molecule has 0 fully saturated rings. The van der Waals surface area contributed by atoms with Crippen molar-refractivity contribution in [1.82, 2.24) is 10.3 Å². The molecule has 0 saturated heterocycles. The number of hydrogen-bond donors (Lipinski definition) is 4. The van der Waals surface area contributed by atoms with Crippen molar-refractivity contribution in [2.75, 3.05) is 18.4 Å². The molecule has 4 rings (SSSR count). The summed E-state index contributed by atoms with van der Waals surface area (Å²) in [6.45, 7) is 4.72. The Bertz CT molecular complexity index is 1610. The second-order valence-electron chi connectivity index (χ2n) is 10.0. The van der Waals surface area contributed by atoms with Gasteiger partial charge in [0.05, 0.1) is 5.69 Å². The summed E-state index contributed by atoms with van der Waals surface area (Å²) in [5.74, 6) is -0.779. The van der Waals surface area contributed by atoms with Crippen LogP contribution in [-0.2, 0) is 0 Å². The minimum atomic E-state index is -0.489. The van der Waals surface area contributed by atoms with Crippen LogP contribution >= 0.6 is 11.6 Å². The third-order valence-corrected chi connectivity index (χ3v) is 6.62. The van der Waals surface area contributed by atoms with E-state index in [0.29, 0.717) is 51.6 Å². The lowest BCUT2D eigenvalue weighted by Crippen LogP contribution is -2.38. The van der Waals surface area contributed by atoms with E-state index in [0.717, 1.165) is 0 Å². The summed E-state index contributed by atoms with van der Waals surface area (Å²) in [4.78, 5) is 30.5. The first-order valence-corrected chi connectivity index (χ1v) is 12.9. The van der Waals surface area contributed by atoms with E-state index in [1.54, 1.807) is 72.8 Å². The average molecular weight is 554 g/mol. The largest absolute Gasteiger partial charge is 0.507 e. The molecule has 0 bridgehead atoms. The molecule has 0 aliphatic rings. The number of nitrogens with two attached hydrogens (primary N) is 1. The SMILES string of the molecule is CC(C)(CN)CNC(=O)c1cccc(-c2cc(-c3ccccc3O)nc(NC(=O)c3ccc(Cl)cc3)c2C#N)c1. The number of pyridine rings is 1. The molecule has 8 nitrogen and oxygen atoms in total. The number of nitrogens with zero attached hydrogens (tertiary/aromatic N) is 2. The molecule has 0 aliphatic carbocycles. The molecule has 202 valence electrons. The van der Waals surface area contributed by atoms with E-state index in [9.17, 15) is 20.0 Å². The zero-order valence-electron chi connectivity index (χ0n) is 22.0. The minimum absolute atomic E-state index is 0.0118. The van der Waals surface area contributed by atoms with Gasteiger partial charge in [-0.2, -0.15) is 5.26 Å². The minimum Gasteiger partial charge on any atom is -0.507 e. The number of carbonyl (C=O) groups is 2. The third-order valence-electron chi connectivity index (χ3n) is 6.37. The van der Waals surface area contributed by atoms with Crippen LogP contribution in [0.15, 0.2) is 78.9 Å². The highest BCUT2D eigenvalue weighted by atomic mass is 35.5. The molecule has 3 aromatic carbocycles. The van der Waals surface area contributed by atoms with Gasteiger partial charge in [-0.25, -0.2) is 4.98 Å². The van der Waals surface area contributed by atoms with Crippen LogP contribution in [0.25, 0.3) is 22.4 Å². The second kappa shape index (κ2) is 12.0. The van der Waals surface area contributed by atoms with Crippen LogP contribution < -0.4 is 16.4 Å². The van der Waals surface area contributed by atoms with Crippen molar-refractivity contribution in [2.24, 2.45) is 11.1 Å². The zero-order valence-corrected chi connectivity index (χ0v) is 22.8. The van der Waals surface area contributed by atoms with E-state index < -0.39 is 5.91 Å². The van der Waals surface area contributed by atoms with Gasteiger partial charge in [-0.15, -0.1) is 0 Å². The number of phenolic OH excluding ortho intramolecular Hbond substituents is 1. The summed E-state index contributed by atoms with van der Waals surface area (Å²) >= 11 is 5.96. The maximum atomic E-state index is 13.1. The number of anilines is 1. The molecule has 5 N–H and O–H groups in total. The maximum absolute atomic E-state index is 13.1. The predicted molar refractivity (Wildman–Crippen MR) is 156 cm³/mol. The average Bonchev–Trinajstić information content (AvgIpc) is 2.96. The molecule has 2 amide bonds. The number of halogens is 1. The quantitative estimate of drug-likeness (QED) is 0.223. The Morgan fingerprint density at radius 2 is 1.70 bits per heavy atom. The molecule has 0 atom stereocenters. The molecule has 40 heavy (non-hydrogen) atoms. The zero-order chi connectivity index (χ0) is 28.9. The number of hydrogen-bond acceptors (Lipinski definition) is 6. The standard InChI is InChI=1S/C31H28ClN5O3/c1-31(2,17-34)18-35-29(39)21-7-5-6-20(14-21)24-15-26(23-8-3-4-9-27(23)38)36-28(25(24)16-33)37-30(40)19-10-12-22(32)13-11-19/h3-15,38H,17-18,34H2,1-2H3,(H,35,39)(H,36,37,40). The number of phenols is 1. The lowest BCUT2D eigenvalue weighted by atomic mass is 9.93. The van der Waals surface area contributed by atoms with Crippen molar-refractivity contribution in [3.05, 3.63) is 101 Å². The second-order valence-corrected chi connectivity index (χ2v) is 10.4. The van der Waals surface area contributed by atoms with Gasteiger partial charge < -0.3 is 21.5 Å². The summed E-state index contributed by atoms with van der Waals surface area (Å²) in [5.41, 5.74) is 8.06. The molecule has 0 aliphatic heterocycles. The van der Waals surface area contributed by atoms with E-state index in [-0.39, 0.29) is 28.5 Å². The van der Waals surface area contributed by atoms with Crippen LogP contribution in [0.3, 0.4) is 0 Å². The van der Waals surface area contributed by atoms with E-state index >= 15 is 0 Å². The van der Waals surface area contributed by atoms with Crippen LogP contribution in [0.1, 0.15) is 40.1 Å². The topological polar surface area (TPSA) is 141 Å². The number of aromatic nitrogens is 1. The Morgan fingerprint density at radius 3 is 2.38 bits per heavy atom. The molecule has 0 radical (unpaired) electrons. The fourth-order valence-electron chi connectivity index (χ4n) is 3.91. The molecule has 4 aromatic rings. The Labute approximate surface area is 237 Å². The van der Waals surface area contributed by atoms with E-state index in [1.807, 2.05) is 13.8 Å². The van der Waals surface area contributed by atoms with Gasteiger partial charge in [0.25, 0.3) is 11.8 Å². The Kier molecular flexibility index (Phi) is 8.49. The highest BCUT2D eigenvalue weighted by molar-refractivity contribution is 6.30. The van der Waals surface area contributed by atoms with Crippen molar-refractivity contribution in [2.45, 2.75) is 13.8 Å². The Hall–Kier alpha value is -4.71. The van der Waals surface area contributed by atoms with Gasteiger partial charge in [0.2, 0.25) is 0 Å². The van der Waals surface area contributed by atoms with Crippen LogP contribution in [0.2, 0.25) is 5.02 Å². The van der Waals surface area contributed by atoms with Crippen molar-refractivity contribution in [3.63, 3.8) is 0 Å². The fourth-order valence-corrected chi connectivity index (χ4v) is 4.03.